The maximum Gasteiger partial charge on any atom is 0.133 e. The molecule has 2 heterocycles. The zero-order valence-electron chi connectivity index (χ0n) is 9.60. The minimum Gasteiger partial charge on any atom is -0.359 e. The molecule has 2 atom stereocenters. The largest absolute Gasteiger partial charge is 0.359 e. The van der Waals surface area contributed by atoms with Crippen molar-refractivity contribution in [1.29, 1.82) is 0 Å². The summed E-state index contributed by atoms with van der Waals surface area (Å²) in [6.45, 7) is 7.65. The molecule has 2 aliphatic heterocycles. The molecule has 3 heteroatoms. The Hall–Kier alpha value is -0.120. The molecule has 0 aliphatic carbocycles. The number of hydrogen-bond donors (Lipinski definition) is 1. The number of hydrogen-bond acceptors (Lipinski definition) is 3. The Balaban J connectivity index is 2.07. The van der Waals surface area contributed by atoms with Crippen molar-refractivity contribution in [3.05, 3.63) is 0 Å². The lowest BCUT2D eigenvalue weighted by molar-refractivity contribution is -0.121. The monoisotopic (exact) mass is 198 g/mol. The van der Waals surface area contributed by atoms with Gasteiger partial charge < -0.3 is 9.64 Å². The second-order valence-corrected chi connectivity index (χ2v) is 5.12. The molecule has 0 aromatic rings. The lowest BCUT2D eigenvalue weighted by atomic mass is 9.90. The Morgan fingerprint density at radius 1 is 1.43 bits per heavy atom. The smallest absolute Gasteiger partial charge is 0.133 e. The van der Waals surface area contributed by atoms with Crippen LogP contribution in [0.3, 0.4) is 0 Å². The lowest BCUT2D eigenvalue weighted by Gasteiger charge is -2.45. The average Bonchev–Trinajstić information content (AvgIpc) is 2.47. The number of rotatable bonds is 1. The second-order valence-electron chi connectivity index (χ2n) is 5.12. The highest BCUT2D eigenvalue weighted by molar-refractivity contribution is 4.98. The van der Waals surface area contributed by atoms with Gasteiger partial charge in [0.1, 0.15) is 5.72 Å². The molecule has 0 amide bonds. The molecule has 0 aromatic carbocycles. The summed E-state index contributed by atoms with van der Waals surface area (Å²) in [5.41, 5.74) is 0.237. The quantitative estimate of drug-likeness (QED) is 0.685. The van der Waals surface area contributed by atoms with Crippen LogP contribution in [0.15, 0.2) is 0 Å². The third kappa shape index (κ3) is 1.81. The zero-order chi connectivity index (χ0) is 10.2. The lowest BCUT2D eigenvalue weighted by Crippen LogP contribution is -2.63. The Morgan fingerprint density at radius 3 is 2.79 bits per heavy atom. The van der Waals surface area contributed by atoms with Gasteiger partial charge in [-0.25, -0.2) is 0 Å². The van der Waals surface area contributed by atoms with Gasteiger partial charge in [-0.3, -0.25) is 5.32 Å². The number of likely N-dealkylation sites (N-methyl/N-ethyl adjacent to an activating group) is 1. The molecule has 0 bridgehead atoms. The summed E-state index contributed by atoms with van der Waals surface area (Å²) in [6.07, 6.45) is 3.44. The number of nitrogens with zero attached hydrogens (tertiary/aromatic N) is 1. The number of likely N-dealkylation sites (tertiary alicyclic amines) is 1. The van der Waals surface area contributed by atoms with Gasteiger partial charge in [0.25, 0.3) is 0 Å². The first-order chi connectivity index (χ1) is 6.58. The minimum atomic E-state index is -0.0439. The number of nitrogens with one attached hydrogen (secondary N) is 1. The van der Waals surface area contributed by atoms with Crippen LogP contribution in [0.5, 0.6) is 0 Å². The van der Waals surface area contributed by atoms with Crippen LogP contribution >= 0.6 is 0 Å². The molecule has 0 aromatic heterocycles. The predicted molar refractivity (Wildman–Crippen MR) is 57.2 cm³/mol. The van der Waals surface area contributed by atoms with Crippen LogP contribution in [-0.4, -0.2) is 42.9 Å². The van der Waals surface area contributed by atoms with Gasteiger partial charge >= 0.3 is 0 Å². The topological polar surface area (TPSA) is 24.5 Å². The summed E-state index contributed by atoms with van der Waals surface area (Å²) in [4.78, 5) is 2.34. The van der Waals surface area contributed by atoms with E-state index in [1.165, 1.54) is 6.42 Å². The number of ether oxygens (including phenoxy) is 1. The van der Waals surface area contributed by atoms with Crippen LogP contribution < -0.4 is 5.32 Å². The van der Waals surface area contributed by atoms with E-state index in [1.54, 1.807) is 0 Å². The van der Waals surface area contributed by atoms with Crippen LogP contribution in [0.25, 0.3) is 0 Å². The van der Waals surface area contributed by atoms with Gasteiger partial charge in [-0.15, -0.1) is 0 Å². The van der Waals surface area contributed by atoms with Crippen LogP contribution in [0.4, 0.5) is 0 Å². The summed E-state index contributed by atoms with van der Waals surface area (Å²) in [5, 5.41) is 3.72. The van der Waals surface area contributed by atoms with Crippen LogP contribution in [0.1, 0.15) is 33.1 Å². The molecule has 14 heavy (non-hydrogen) atoms. The summed E-state index contributed by atoms with van der Waals surface area (Å²) in [6, 6.07) is 0. The Bertz CT molecular complexity index is 217. The van der Waals surface area contributed by atoms with Crippen molar-refractivity contribution in [1.82, 2.24) is 10.2 Å². The van der Waals surface area contributed by atoms with Crippen molar-refractivity contribution < 1.29 is 4.74 Å². The second kappa shape index (κ2) is 3.47. The predicted octanol–water partition coefficient (Wildman–Crippen LogP) is 1.20. The molecule has 2 fully saturated rings. The van der Waals surface area contributed by atoms with Gasteiger partial charge in [-0.05, 0) is 26.8 Å². The van der Waals surface area contributed by atoms with Crippen molar-refractivity contribution in [3.63, 3.8) is 0 Å². The van der Waals surface area contributed by atoms with Crippen molar-refractivity contribution in [2.24, 2.45) is 0 Å². The molecule has 2 aliphatic rings. The van der Waals surface area contributed by atoms with Gasteiger partial charge in [0.2, 0.25) is 0 Å². The van der Waals surface area contributed by atoms with E-state index >= 15 is 0 Å². The summed E-state index contributed by atoms with van der Waals surface area (Å²) < 4.78 is 5.94. The third-order valence-corrected chi connectivity index (χ3v) is 3.76. The van der Waals surface area contributed by atoms with E-state index in [9.17, 15) is 0 Å². The van der Waals surface area contributed by atoms with Gasteiger partial charge in [0.05, 0.1) is 6.61 Å². The van der Waals surface area contributed by atoms with Crippen LogP contribution in [-0.2, 0) is 4.74 Å². The fourth-order valence-corrected chi connectivity index (χ4v) is 2.57. The Labute approximate surface area is 86.8 Å². The highest BCUT2D eigenvalue weighted by Crippen LogP contribution is 2.31. The molecule has 2 unspecified atom stereocenters. The highest BCUT2D eigenvalue weighted by atomic mass is 16.5. The van der Waals surface area contributed by atoms with E-state index in [2.05, 4.69) is 31.1 Å². The first-order valence-corrected chi connectivity index (χ1v) is 5.69. The molecule has 0 saturated carbocycles. The van der Waals surface area contributed by atoms with E-state index < -0.39 is 0 Å². The van der Waals surface area contributed by atoms with Crippen LogP contribution in [0, 0.1) is 0 Å². The molecule has 2 saturated heterocycles. The molecular formula is C11H22N2O. The van der Waals surface area contributed by atoms with Gasteiger partial charge in [-0.1, -0.05) is 6.92 Å². The summed E-state index contributed by atoms with van der Waals surface area (Å²) >= 11 is 0. The maximum absolute atomic E-state index is 5.94. The fraction of sp³-hybridized carbons (Fsp3) is 1.00. The van der Waals surface area contributed by atoms with Crippen molar-refractivity contribution in [3.8, 4) is 0 Å². The van der Waals surface area contributed by atoms with E-state index in [1.807, 2.05) is 0 Å². The highest BCUT2D eigenvalue weighted by Gasteiger charge is 2.45. The standard InChI is InChI=1S/C11H22N2O/c1-4-10(2)6-8-14-11(12-10)5-7-13(3)9-11/h12H,4-9H2,1-3H3. The SMILES string of the molecule is CCC1(C)CCOC2(CCN(C)C2)N1. The zero-order valence-corrected chi connectivity index (χ0v) is 9.60. The summed E-state index contributed by atoms with van der Waals surface area (Å²) in [7, 11) is 2.16. The minimum absolute atomic E-state index is 0.0439. The third-order valence-electron chi connectivity index (χ3n) is 3.76. The maximum atomic E-state index is 5.94. The van der Waals surface area contributed by atoms with Crippen molar-refractivity contribution in [2.75, 3.05) is 26.7 Å². The van der Waals surface area contributed by atoms with Gasteiger partial charge in [-0.2, -0.15) is 0 Å². The Kier molecular flexibility index (Phi) is 2.58. The molecular weight excluding hydrogens is 176 g/mol. The van der Waals surface area contributed by atoms with Crippen molar-refractivity contribution >= 4 is 0 Å². The van der Waals surface area contributed by atoms with E-state index in [0.717, 1.165) is 32.5 Å². The molecule has 2 rings (SSSR count). The van der Waals surface area contributed by atoms with E-state index in [0.29, 0.717) is 0 Å². The summed E-state index contributed by atoms with van der Waals surface area (Å²) in [5.74, 6) is 0. The first-order valence-electron chi connectivity index (χ1n) is 5.69. The normalized spacial score (nSPS) is 44.8. The molecule has 3 nitrogen and oxygen atoms in total. The van der Waals surface area contributed by atoms with Gasteiger partial charge in [0, 0.05) is 25.0 Å². The molecule has 1 spiro atoms. The molecule has 1 N–H and O–H groups in total. The molecule has 82 valence electrons. The van der Waals surface area contributed by atoms with Gasteiger partial charge in [0.15, 0.2) is 0 Å². The van der Waals surface area contributed by atoms with E-state index in [-0.39, 0.29) is 11.3 Å². The Morgan fingerprint density at radius 2 is 2.21 bits per heavy atom. The molecule has 0 radical (unpaired) electrons. The fourth-order valence-electron chi connectivity index (χ4n) is 2.57. The van der Waals surface area contributed by atoms with Crippen molar-refractivity contribution in [2.45, 2.75) is 44.4 Å². The van der Waals surface area contributed by atoms with E-state index in [4.69, 9.17) is 4.74 Å². The average molecular weight is 198 g/mol. The first kappa shape index (κ1) is 10.4. The van der Waals surface area contributed by atoms with Crippen LogP contribution in [0.2, 0.25) is 0 Å².